The van der Waals surface area contributed by atoms with Crippen molar-refractivity contribution < 1.29 is 23.8 Å². The number of hydrazine groups is 1. The van der Waals surface area contributed by atoms with Gasteiger partial charge < -0.3 is 19.9 Å². The Labute approximate surface area is 201 Å². The molecule has 0 aliphatic carbocycles. The minimum Gasteiger partial charge on any atom is -0.493 e. The molecule has 10 heteroatoms. The van der Waals surface area contributed by atoms with Gasteiger partial charge in [-0.3, -0.25) is 14.8 Å². The van der Waals surface area contributed by atoms with Crippen molar-refractivity contribution in [3.8, 4) is 11.5 Å². The number of amidine groups is 1. The van der Waals surface area contributed by atoms with Gasteiger partial charge >= 0.3 is 0 Å². The number of ether oxygens (including phenoxy) is 2. The van der Waals surface area contributed by atoms with Crippen molar-refractivity contribution in [1.82, 2.24) is 10.3 Å². The van der Waals surface area contributed by atoms with Crippen LogP contribution in [-0.4, -0.2) is 61.8 Å². The number of thiophene rings is 1. The Hall–Kier alpha value is -3.21. The van der Waals surface area contributed by atoms with E-state index < -0.39 is 6.10 Å². The highest BCUT2D eigenvalue weighted by Crippen LogP contribution is 2.29. The van der Waals surface area contributed by atoms with E-state index in [9.17, 15) is 14.3 Å². The highest BCUT2D eigenvalue weighted by atomic mass is 32.1. The number of halogens is 1. The summed E-state index contributed by atoms with van der Waals surface area (Å²) in [6, 6.07) is 9.69. The lowest BCUT2D eigenvalue weighted by Crippen LogP contribution is -2.40. The summed E-state index contributed by atoms with van der Waals surface area (Å²) in [6.45, 7) is 2.52. The number of methoxy groups -OCH3 is 2. The van der Waals surface area contributed by atoms with Gasteiger partial charge in [0, 0.05) is 35.0 Å². The zero-order chi connectivity index (χ0) is 24.7. The molecule has 0 bridgehead atoms. The number of hydrogen-bond acceptors (Lipinski definition) is 7. The zero-order valence-electron chi connectivity index (χ0n) is 19.4. The molecular weight excluding hydrogens is 459 g/mol. The molecule has 1 heterocycles. The van der Waals surface area contributed by atoms with Gasteiger partial charge in [-0.1, -0.05) is 19.1 Å². The predicted octanol–water partition coefficient (Wildman–Crippen LogP) is 3.18. The molecule has 34 heavy (non-hydrogen) atoms. The molecule has 3 rings (SSSR count). The number of aliphatic imine (C=N–C) groups is 1. The van der Waals surface area contributed by atoms with Crippen LogP contribution in [-0.2, 0) is 0 Å². The Morgan fingerprint density at radius 3 is 2.74 bits per heavy atom. The van der Waals surface area contributed by atoms with Crippen LogP contribution in [0.3, 0.4) is 0 Å². The van der Waals surface area contributed by atoms with Crippen LogP contribution in [0.25, 0.3) is 10.1 Å². The Kier molecular flexibility index (Phi) is 8.80. The standard InChI is InChI=1S/C24H29FN4O4S/c1-4-10-29(26)23(18-14-34-22-17(18)6-5-7-19(22)25)27-12-16(30)13-28-24(31)15-8-9-20(32-2)21(11-15)33-3/h5-9,11,14,16,30H,4,10,12-13,26H2,1-3H3,(H,28,31). The number of carbonyl (C=O) groups is 1. The molecule has 1 amide bonds. The fourth-order valence-corrected chi connectivity index (χ4v) is 4.37. The summed E-state index contributed by atoms with van der Waals surface area (Å²) in [5.74, 6) is 6.97. The molecule has 3 aromatic rings. The molecule has 0 radical (unpaired) electrons. The first-order valence-corrected chi connectivity index (χ1v) is 11.7. The van der Waals surface area contributed by atoms with Crippen LogP contribution in [0.1, 0.15) is 29.3 Å². The van der Waals surface area contributed by atoms with Gasteiger partial charge in [0.25, 0.3) is 5.91 Å². The van der Waals surface area contributed by atoms with Gasteiger partial charge in [-0.15, -0.1) is 11.3 Å². The van der Waals surface area contributed by atoms with E-state index in [1.165, 1.54) is 36.6 Å². The number of amides is 1. The first-order chi connectivity index (χ1) is 16.4. The molecule has 8 nitrogen and oxygen atoms in total. The minimum atomic E-state index is -0.948. The third kappa shape index (κ3) is 5.82. The van der Waals surface area contributed by atoms with E-state index >= 15 is 0 Å². The maximum Gasteiger partial charge on any atom is 0.251 e. The van der Waals surface area contributed by atoms with Gasteiger partial charge in [0.2, 0.25) is 0 Å². The van der Waals surface area contributed by atoms with Gasteiger partial charge in [-0.05, 0) is 30.7 Å². The SMILES string of the molecule is CCCN(N)C(=NCC(O)CNC(=O)c1ccc(OC)c(OC)c1)c1csc2c(F)cccc12. The highest BCUT2D eigenvalue weighted by molar-refractivity contribution is 7.17. The second-order valence-corrected chi connectivity index (χ2v) is 8.44. The lowest BCUT2D eigenvalue weighted by Gasteiger charge is -2.21. The summed E-state index contributed by atoms with van der Waals surface area (Å²) in [4.78, 5) is 17.0. The number of carbonyl (C=O) groups excluding carboxylic acids is 1. The second kappa shape index (κ2) is 11.8. The van der Waals surface area contributed by atoms with E-state index in [-0.39, 0.29) is 24.8 Å². The fraction of sp³-hybridized carbons (Fsp3) is 0.333. The molecule has 0 aliphatic rings. The molecule has 0 saturated carbocycles. The number of nitrogens with two attached hydrogens (primary N) is 1. The zero-order valence-corrected chi connectivity index (χ0v) is 20.2. The predicted molar refractivity (Wildman–Crippen MR) is 132 cm³/mol. The highest BCUT2D eigenvalue weighted by Gasteiger charge is 2.18. The number of hydrogen-bond donors (Lipinski definition) is 3. The quantitative estimate of drug-likeness (QED) is 0.175. The Morgan fingerprint density at radius 1 is 1.26 bits per heavy atom. The van der Waals surface area contributed by atoms with Gasteiger partial charge in [0.15, 0.2) is 11.5 Å². The molecule has 1 atom stereocenters. The molecule has 182 valence electrons. The fourth-order valence-electron chi connectivity index (χ4n) is 3.42. The Bertz CT molecular complexity index is 1170. The van der Waals surface area contributed by atoms with Crippen LogP contribution in [0.4, 0.5) is 4.39 Å². The lowest BCUT2D eigenvalue weighted by atomic mass is 10.1. The summed E-state index contributed by atoms with van der Waals surface area (Å²) in [5, 5.41) is 17.2. The van der Waals surface area contributed by atoms with E-state index in [1.54, 1.807) is 24.3 Å². The largest absolute Gasteiger partial charge is 0.493 e. The lowest BCUT2D eigenvalue weighted by molar-refractivity contribution is 0.0919. The van der Waals surface area contributed by atoms with Crippen molar-refractivity contribution in [2.24, 2.45) is 10.8 Å². The summed E-state index contributed by atoms with van der Waals surface area (Å²) in [5.41, 5.74) is 1.08. The minimum absolute atomic E-state index is 0.00557. The molecule has 1 unspecified atom stereocenters. The van der Waals surface area contributed by atoms with Crippen molar-refractivity contribution >= 4 is 33.2 Å². The van der Waals surface area contributed by atoms with Crippen molar-refractivity contribution in [3.63, 3.8) is 0 Å². The summed E-state index contributed by atoms with van der Waals surface area (Å²) in [6.07, 6.45) is -0.161. The number of benzene rings is 2. The molecule has 0 spiro atoms. The molecule has 2 aromatic carbocycles. The van der Waals surface area contributed by atoms with Gasteiger partial charge in [-0.2, -0.15) is 0 Å². The van der Waals surface area contributed by atoms with Crippen molar-refractivity contribution in [3.05, 3.63) is 58.7 Å². The number of aliphatic hydroxyl groups is 1. The number of fused-ring (bicyclic) bond motifs is 1. The molecule has 0 aliphatic heterocycles. The van der Waals surface area contributed by atoms with Gasteiger partial charge in [0.05, 0.1) is 31.6 Å². The number of aliphatic hydroxyl groups excluding tert-OH is 1. The Balaban J connectivity index is 1.71. The topological polar surface area (TPSA) is 109 Å². The molecule has 0 saturated heterocycles. The van der Waals surface area contributed by atoms with Crippen LogP contribution < -0.4 is 20.6 Å². The van der Waals surface area contributed by atoms with E-state index in [0.29, 0.717) is 45.1 Å². The first-order valence-electron chi connectivity index (χ1n) is 10.8. The normalized spacial score (nSPS) is 12.5. The monoisotopic (exact) mass is 488 g/mol. The van der Waals surface area contributed by atoms with Crippen molar-refractivity contribution in [2.75, 3.05) is 33.9 Å². The van der Waals surface area contributed by atoms with Gasteiger partial charge in [-0.25, -0.2) is 10.2 Å². The van der Waals surface area contributed by atoms with Crippen LogP contribution in [0, 0.1) is 5.82 Å². The second-order valence-electron chi connectivity index (χ2n) is 7.56. The smallest absolute Gasteiger partial charge is 0.251 e. The van der Waals surface area contributed by atoms with Crippen LogP contribution >= 0.6 is 11.3 Å². The average Bonchev–Trinajstić information content (AvgIpc) is 3.27. The van der Waals surface area contributed by atoms with Crippen LogP contribution in [0.2, 0.25) is 0 Å². The number of nitrogens with one attached hydrogen (secondary N) is 1. The van der Waals surface area contributed by atoms with E-state index in [2.05, 4.69) is 10.3 Å². The van der Waals surface area contributed by atoms with Crippen molar-refractivity contribution in [2.45, 2.75) is 19.4 Å². The number of rotatable bonds is 10. The third-order valence-corrected chi connectivity index (χ3v) is 6.13. The van der Waals surface area contributed by atoms with E-state index in [1.807, 2.05) is 18.4 Å². The molecular formula is C24H29FN4O4S. The van der Waals surface area contributed by atoms with E-state index in [0.717, 1.165) is 6.42 Å². The van der Waals surface area contributed by atoms with E-state index in [4.69, 9.17) is 15.3 Å². The first kappa shape index (κ1) is 25.4. The van der Waals surface area contributed by atoms with Crippen molar-refractivity contribution in [1.29, 1.82) is 0 Å². The molecule has 0 fully saturated rings. The molecule has 4 N–H and O–H groups in total. The average molecular weight is 489 g/mol. The summed E-state index contributed by atoms with van der Waals surface area (Å²) >= 11 is 1.28. The van der Waals surface area contributed by atoms with Gasteiger partial charge in [0.1, 0.15) is 11.7 Å². The van der Waals surface area contributed by atoms with Crippen LogP contribution in [0.5, 0.6) is 11.5 Å². The molecule has 1 aromatic heterocycles. The third-order valence-electron chi connectivity index (χ3n) is 5.13. The Morgan fingerprint density at radius 2 is 2.03 bits per heavy atom. The maximum atomic E-state index is 14.2. The maximum absolute atomic E-state index is 14.2. The summed E-state index contributed by atoms with van der Waals surface area (Å²) in [7, 11) is 3.00. The summed E-state index contributed by atoms with van der Waals surface area (Å²) < 4.78 is 25.1. The number of nitrogens with zero attached hydrogens (tertiary/aromatic N) is 2. The van der Waals surface area contributed by atoms with Crippen LogP contribution in [0.15, 0.2) is 46.8 Å².